The monoisotopic (exact) mass is 569 g/mol. The van der Waals surface area contributed by atoms with E-state index in [0.717, 1.165) is 32.5 Å². The molecule has 0 saturated carbocycles. The standard InChI is InChI=1S/C33H39N3O4Si/c1-33(2,3)41(4,5)40-25-15-16-29(36-31(38)26-13-9-10-14-27(26)32(36)39)28(21-25)34-30(37)24-17-19-35(20-18-24)22-23-11-7-6-8-12-23/h6-16,21,24H,17-20,22H2,1-5H3,(H,34,37). The van der Waals surface area contributed by atoms with Crippen molar-refractivity contribution in [3.8, 4) is 5.75 Å². The van der Waals surface area contributed by atoms with Gasteiger partial charge in [0.05, 0.1) is 22.5 Å². The summed E-state index contributed by atoms with van der Waals surface area (Å²) < 4.78 is 6.53. The van der Waals surface area contributed by atoms with Crippen LogP contribution in [0.3, 0.4) is 0 Å². The third-order valence-electron chi connectivity index (χ3n) is 8.65. The number of nitrogens with one attached hydrogen (secondary N) is 1. The SMILES string of the molecule is CC(C)(C)[Si](C)(C)Oc1ccc(N2C(=O)c3ccccc3C2=O)c(NC(=O)C2CCN(Cc3ccccc3)CC2)c1. The van der Waals surface area contributed by atoms with Crippen molar-refractivity contribution in [2.45, 2.75) is 58.3 Å². The Labute approximate surface area is 243 Å². The van der Waals surface area contributed by atoms with Gasteiger partial charge in [0.15, 0.2) is 0 Å². The molecule has 0 spiro atoms. The van der Waals surface area contributed by atoms with Crippen molar-refractivity contribution in [2.24, 2.45) is 5.92 Å². The van der Waals surface area contributed by atoms with Crippen molar-refractivity contribution in [3.05, 3.63) is 89.5 Å². The minimum atomic E-state index is -2.17. The summed E-state index contributed by atoms with van der Waals surface area (Å²) in [4.78, 5) is 43.8. The summed E-state index contributed by atoms with van der Waals surface area (Å²) in [6, 6.07) is 22.4. The van der Waals surface area contributed by atoms with Gasteiger partial charge in [-0.15, -0.1) is 0 Å². The number of carbonyl (C=O) groups excluding carboxylic acids is 3. The van der Waals surface area contributed by atoms with Gasteiger partial charge in [-0.05, 0) is 73.9 Å². The second-order valence-corrected chi connectivity index (χ2v) is 17.3. The Morgan fingerprint density at radius 1 is 0.902 bits per heavy atom. The van der Waals surface area contributed by atoms with Crippen LogP contribution in [-0.2, 0) is 11.3 Å². The van der Waals surface area contributed by atoms with Gasteiger partial charge in [-0.2, -0.15) is 0 Å². The number of piperidine rings is 1. The van der Waals surface area contributed by atoms with E-state index in [1.165, 1.54) is 10.5 Å². The van der Waals surface area contributed by atoms with Crippen molar-refractivity contribution in [3.63, 3.8) is 0 Å². The van der Waals surface area contributed by atoms with Crippen LogP contribution >= 0.6 is 0 Å². The molecule has 0 bridgehead atoms. The fourth-order valence-electron chi connectivity index (χ4n) is 5.16. The minimum absolute atomic E-state index is 0.0225. The van der Waals surface area contributed by atoms with Crippen LogP contribution in [0.2, 0.25) is 18.1 Å². The van der Waals surface area contributed by atoms with E-state index in [-0.39, 0.29) is 16.9 Å². The van der Waals surface area contributed by atoms with Crippen LogP contribution in [0, 0.1) is 5.92 Å². The zero-order valence-corrected chi connectivity index (χ0v) is 25.6. The Kier molecular flexibility index (Phi) is 7.90. The Morgan fingerprint density at radius 3 is 2.07 bits per heavy atom. The van der Waals surface area contributed by atoms with Crippen LogP contribution in [0.25, 0.3) is 0 Å². The van der Waals surface area contributed by atoms with Gasteiger partial charge in [0.2, 0.25) is 14.2 Å². The highest BCUT2D eigenvalue weighted by Gasteiger charge is 2.40. The van der Waals surface area contributed by atoms with E-state index in [0.29, 0.717) is 28.3 Å². The van der Waals surface area contributed by atoms with E-state index in [1.54, 1.807) is 42.5 Å². The van der Waals surface area contributed by atoms with Crippen LogP contribution in [0.15, 0.2) is 72.8 Å². The first-order valence-electron chi connectivity index (χ1n) is 14.3. The topological polar surface area (TPSA) is 79.0 Å². The quantitative estimate of drug-likeness (QED) is 0.252. The largest absolute Gasteiger partial charge is 0.543 e. The van der Waals surface area contributed by atoms with E-state index >= 15 is 0 Å². The Balaban J connectivity index is 1.38. The highest BCUT2D eigenvalue weighted by molar-refractivity contribution is 6.74. The van der Waals surface area contributed by atoms with E-state index < -0.39 is 20.1 Å². The Hall–Kier alpha value is -3.75. The lowest BCUT2D eigenvalue weighted by Gasteiger charge is -2.36. The molecule has 7 nitrogen and oxygen atoms in total. The van der Waals surface area contributed by atoms with Crippen molar-refractivity contribution in [1.82, 2.24) is 4.90 Å². The smallest absolute Gasteiger partial charge is 0.266 e. The summed E-state index contributed by atoms with van der Waals surface area (Å²) in [5.74, 6) is -0.444. The molecule has 8 heteroatoms. The van der Waals surface area contributed by atoms with Crippen LogP contribution in [0.5, 0.6) is 5.75 Å². The molecule has 1 N–H and O–H groups in total. The maximum atomic E-state index is 13.6. The van der Waals surface area contributed by atoms with Gasteiger partial charge in [-0.1, -0.05) is 63.2 Å². The molecule has 0 atom stereocenters. The third kappa shape index (κ3) is 5.99. The maximum absolute atomic E-state index is 13.6. The number of hydrogen-bond acceptors (Lipinski definition) is 5. The van der Waals surface area contributed by atoms with Crippen molar-refractivity contribution in [1.29, 1.82) is 0 Å². The number of hydrogen-bond donors (Lipinski definition) is 1. The van der Waals surface area contributed by atoms with E-state index in [4.69, 9.17) is 4.43 Å². The average Bonchev–Trinajstić information content (AvgIpc) is 3.19. The Morgan fingerprint density at radius 2 is 1.49 bits per heavy atom. The molecule has 2 aliphatic heterocycles. The number of rotatable bonds is 7. The summed E-state index contributed by atoms with van der Waals surface area (Å²) in [6.45, 7) is 13.3. The molecule has 5 rings (SSSR count). The molecule has 0 aromatic heterocycles. The number of amides is 3. The molecular formula is C33H39N3O4Si. The molecule has 0 aliphatic carbocycles. The number of anilines is 2. The maximum Gasteiger partial charge on any atom is 0.266 e. The van der Waals surface area contributed by atoms with Crippen molar-refractivity contribution < 1.29 is 18.8 Å². The number of imide groups is 1. The zero-order chi connectivity index (χ0) is 29.4. The number of likely N-dealkylation sites (tertiary alicyclic amines) is 1. The first kappa shape index (κ1) is 28.8. The predicted octanol–water partition coefficient (Wildman–Crippen LogP) is 6.72. The molecule has 2 heterocycles. The molecular weight excluding hydrogens is 530 g/mol. The molecule has 1 saturated heterocycles. The predicted molar refractivity (Wildman–Crippen MR) is 165 cm³/mol. The normalized spacial score (nSPS) is 16.6. The average molecular weight is 570 g/mol. The van der Waals surface area contributed by atoms with Gasteiger partial charge in [0.25, 0.3) is 11.8 Å². The fraction of sp³-hybridized carbons (Fsp3) is 0.364. The Bertz CT molecular complexity index is 1420. The third-order valence-corrected chi connectivity index (χ3v) is 13.0. The molecule has 1 fully saturated rings. The van der Waals surface area contributed by atoms with Gasteiger partial charge in [0, 0.05) is 18.5 Å². The van der Waals surface area contributed by atoms with Crippen LogP contribution in [0.1, 0.15) is 59.9 Å². The number of benzene rings is 3. The highest BCUT2D eigenvalue weighted by Crippen LogP contribution is 2.41. The van der Waals surface area contributed by atoms with Gasteiger partial charge < -0.3 is 9.74 Å². The highest BCUT2D eigenvalue weighted by atomic mass is 28.4. The summed E-state index contributed by atoms with van der Waals surface area (Å²) in [5.41, 5.74) is 2.75. The van der Waals surface area contributed by atoms with Crippen molar-refractivity contribution in [2.75, 3.05) is 23.3 Å². The lowest BCUT2D eigenvalue weighted by molar-refractivity contribution is -0.121. The lowest BCUT2D eigenvalue weighted by Crippen LogP contribution is -2.43. The van der Waals surface area contributed by atoms with Crippen LogP contribution < -0.4 is 14.6 Å². The molecule has 2 aliphatic rings. The summed E-state index contributed by atoms with van der Waals surface area (Å²) in [7, 11) is -2.17. The van der Waals surface area contributed by atoms with Gasteiger partial charge in [0.1, 0.15) is 5.75 Å². The molecule has 3 aromatic carbocycles. The molecule has 214 valence electrons. The van der Waals surface area contributed by atoms with Crippen molar-refractivity contribution >= 4 is 37.4 Å². The van der Waals surface area contributed by atoms with Crippen LogP contribution in [-0.4, -0.2) is 44.0 Å². The second kappa shape index (κ2) is 11.3. The minimum Gasteiger partial charge on any atom is -0.543 e. The molecule has 0 radical (unpaired) electrons. The van der Waals surface area contributed by atoms with E-state index in [1.807, 2.05) is 18.2 Å². The lowest BCUT2D eigenvalue weighted by atomic mass is 9.95. The first-order chi connectivity index (χ1) is 19.4. The number of carbonyl (C=O) groups is 3. The second-order valence-electron chi connectivity index (χ2n) is 12.6. The van der Waals surface area contributed by atoms with Gasteiger partial charge in [-0.25, -0.2) is 4.90 Å². The van der Waals surface area contributed by atoms with E-state index in [9.17, 15) is 14.4 Å². The van der Waals surface area contributed by atoms with Gasteiger partial charge in [-0.3, -0.25) is 19.3 Å². The fourth-order valence-corrected chi connectivity index (χ4v) is 6.18. The number of nitrogens with zero attached hydrogens (tertiary/aromatic N) is 2. The molecule has 41 heavy (non-hydrogen) atoms. The zero-order valence-electron chi connectivity index (χ0n) is 24.6. The van der Waals surface area contributed by atoms with Crippen LogP contribution in [0.4, 0.5) is 11.4 Å². The van der Waals surface area contributed by atoms with Gasteiger partial charge >= 0.3 is 0 Å². The molecule has 3 amide bonds. The van der Waals surface area contributed by atoms with E-state index in [2.05, 4.69) is 56.2 Å². The summed E-state index contributed by atoms with van der Waals surface area (Å²) >= 11 is 0. The summed E-state index contributed by atoms with van der Waals surface area (Å²) in [6.07, 6.45) is 1.47. The number of fused-ring (bicyclic) bond motifs is 1. The summed E-state index contributed by atoms with van der Waals surface area (Å²) in [5, 5.41) is 3.06. The molecule has 0 unspecified atom stereocenters. The first-order valence-corrected chi connectivity index (χ1v) is 17.2. The molecule has 3 aromatic rings.